The molecule has 0 spiro atoms. The van der Waals surface area contributed by atoms with Crippen LogP contribution in [0, 0.1) is 5.41 Å². The van der Waals surface area contributed by atoms with Gasteiger partial charge in [0.1, 0.15) is 12.1 Å². The molecule has 1 aromatic heterocycles. The predicted octanol–water partition coefficient (Wildman–Crippen LogP) is 2.53. The summed E-state index contributed by atoms with van der Waals surface area (Å²) in [6.07, 6.45) is 7.32. The van der Waals surface area contributed by atoms with Crippen LogP contribution in [0.25, 0.3) is 0 Å². The van der Waals surface area contributed by atoms with Crippen molar-refractivity contribution in [1.29, 1.82) is 0 Å². The number of nitrogens with one attached hydrogen (secondary N) is 1. The second kappa shape index (κ2) is 5.87. The molecule has 2 rings (SSSR count). The standard InChI is InChI=1S/C15H26N4/c1-15(2,3)13(8-9-16)19-14-11-6-4-5-7-12(11)17-10-18-14/h10,13H,4-9,16H2,1-3H3,(H,17,18,19). The van der Waals surface area contributed by atoms with Gasteiger partial charge in [-0.15, -0.1) is 0 Å². The number of hydrogen-bond acceptors (Lipinski definition) is 4. The molecule has 1 aromatic rings. The largest absolute Gasteiger partial charge is 0.366 e. The predicted molar refractivity (Wildman–Crippen MR) is 79.2 cm³/mol. The normalized spacial score (nSPS) is 16.8. The Morgan fingerprint density at radius 3 is 2.68 bits per heavy atom. The first kappa shape index (κ1) is 14.3. The van der Waals surface area contributed by atoms with Gasteiger partial charge >= 0.3 is 0 Å². The fraction of sp³-hybridized carbons (Fsp3) is 0.733. The van der Waals surface area contributed by atoms with E-state index in [4.69, 9.17) is 5.73 Å². The van der Waals surface area contributed by atoms with Crippen molar-refractivity contribution in [3.8, 4) is 0 Å². The summed E-state index contributed by atoms with van der Waals surface area (Å²) in [6, 6.07) is 0.346. The van der Waals surface area contributed by atoms with Crippen LogP contribution in [-0.2, 0) is 12.8 Å². The Balaban J connectivity index is 2.22. The van der Waals surface area contributed by atoms with Crippen LogP contribution in [0.4, 0.5) is 5.82 Å². The van der Waals surface area contributed by atoms with Crippen molar-refractivity contribution in [2.75, 3.05) is 11.9 Å². The van der Waals surface area contributed by atoms with E-state index in [2.05, 4.69) is 36.1 Å². The van der Waals surface area contributed by atoms with Crippen LogP contribution in [0.5, 0.6) is 0 Å². The number of nitrogens with zero attached hydrogens (tertiary/aromatic N) is 2. The highest BCUT2D eigenvalue weighted by atomic mass is 15.1. The number of aryl methyl sites for hydroxylation is 1. The van der Waals surface area contributed by atoms with Crippen molar-refractivity contribution < 1.29 is 0 Å². The quantitative estimate of drug-likeness (QED) is 0.875. The van der Waals surface area contributed by atoms with E-state index in [1.54, 1.807) is 6.33 Å². The van der Waals surface area contributed by atoms with Crippen LogP contribution in [-0.4, -0.2) is 22.6 Å². The molecular weight excluding hydrogens is 236 g/mol. The smallest absolute Gasteiger partial charge is 0.133 e. The Hall–Kier alpha value is -1.16. The summed E-state index contributed by atoms with van der Waals surface area (Å²) in [5.74, 6) is 1.03. The topological polar surface area (TPSA) is 63.8 Å². The maximum atomic E-state index is 5.74. The fourth-order valence-corrected chi connectivity index (χ4v) is 2.70. The molecule has 1 unspecified atom stereocenters. The maximum Gasteiger partial charge on any atom is 0.133 e. The van der Waals surface area contributed by atoms with E-state index in [-0.39, 0.29) is 5.41 Å². The minimum Gasteiger partial charge on any atom is -0.366 e. The van der Waals surface area contributed by atoms with E-state index in [1.807, 2.05) is 0 Å². The van der Waals surface area contributed by atoms with Crippen molar-refractivity contribution in [2.24, 2.45) is 11.1 Å². The third-order valence-electron chi connectivity index (χ3n) is 3.94. The third-order valence-corrected chi connectivity index (χ3v) is 3.94. The first-order valence-corrected chi connectivity index (χ1v) is 7.31. The molecule has 0 fully saturated rings. The van der Waals surface area contributed by atoms with E-state index in [1.165, 1.54) is 24.1 Å². The molecule has 0 aliphatic heterocycles. The van der Waals surface area contributed by atoms with Crippen LogP contribution >= 0.6 is 0 Å². The summed E-state index contributed by atoms with van der Waals surface area (Å²) >= 11 is 0. The average Bonchev–Trinajstić information content (AvgIpc) is 2.37. The molecule has 1 heterocycles. The van der Waals surface area contributed by atoms with E-state index >= 15 is 0 Å². The Morgan fingerprint density at radius 2 is 2.00 bits per heavy atom. The molecule has 19 heavy (non-hydrogen) atoms. The van der Waals surface area contributed by atoms with E-state index in [9.17, 15) is 0 Å². The lowest BCUT2D eigenvalue weighted by atomic mass is 9.84. The SMILES string of the molecule is CC(C)(C)C(CCN)Nc1ncnc2c1CCCC2. The second-order valence-electron chi connectivity index (χ2n) is 6.49. The molecule has 106 valence electrons. The lowest BCUT2D eigenvalue weighted by molar-refractivity contribution is 0.328. The summed E-state index contributed by atoms with van der Waals surface area (Å²) < 4.78 is 0. The number of fused-ring (bicyclic) bond motifs is 1. The molecule has 0 saturated carbocycles. The van der Waals surface area contributed by atoms with Gasteiger partial charge in [0, 0.05) is 17.3 Å². The van der Waals surface area contributed by atoms with Gasteiger partial charge in [-0.3, -0.25) is 0 Å². The Labute approximate surface area is 116 Å². The molecule has 4 nitrogen and oxygen atoms in total. The summed E-state index contributed by atoms with van der Waals surface area (Å²) in [6.45, 7) is 7.43. The van der Waals surface area contributed by atoms with Crippen LogP contribution in [0.2, 0.25) is 0 Å². The Morgan fingerprint density at radius 1 is 1.26 bits per heavy atom. The number of anilines is 1. The zero-order chi connectivity index (χ0) is 13.9. The molecule has 1 aliphatic carbocycles. The molecular formula is C15H26N4. The van der Waals surface area contributed by atoms with Gasteiger partial charge in [0.15, 0.2) is 0 Å². The molecule has 0 radical (unpaired) electrons. The van der Waals surface area contributed by atoms with Gasteiger partial charge in [0.25, 0.3) is 0 Å². The number of hydrogen-bond donors (Lipinski definition) is 2. The van der Waals surface area contributed by atoms with Crippen molar-refractivity contribution in [1.82, 2.24) is 9.97 Å². The molecule has 4 heteroatoms. The van der Waals surface area contributed by atoms with Crippen LogP contribution in [0.1, 0.15) is 51.3 Å². The van der Waals surface area contributed by atoms with E-state index in [0.717, 1.165) is 25.1 Å². The monoisotopic (exact) mass is 262 g/mol. The zero-order valence-electron chi connectivity index (χ0n) is 12.4. The maximum absolute atomic E-state index is 5.74. The third kappa shape index (κ3) is 3.44. The lowest BCUT2D eigenvalue weighted by Crippen LogP contribution is -2.36. The van der Waals surface area contributed by atoms with Crippen LogP contribution in [0.3, 0.4) is 0 Å². The number of aromatic nitrogens is 2. The van der Waals surface area contributed by atoms with Gasteiger partial charge < -0.3 is 11.1 Å². The zero-order valence-corrected chi connectivity index (χ0v) is 12.4. The number of nitrogens with two attached hydrogens (primary N) is 1. The summed E-state index contributed by atoms with van der Waals surface area (Å²) in [7, 11) is 0. The van der Waals surface area contributed by atoms with Crippen LogP contribution in [0.15, 0.2) is 6.33 Å². The first-order valence-electron chi connectivity index (χ1n) is 7.31. The summed E-state index contributed by atoms with van der Waals surface area (Å²) in [4.78, 5) is 8.88. The first-order chi connectivity index (χ1) is 9.02. The molecule has 0 amide bonds. The lowest BCUT2D eigenvalue weighted by Gasteiger charge is -2.33. The minimum atomic E-state index is 0.172. The van der Waals surface area contributed by atoms with Gasteiger partial charge in [0.2, 0.25) is 0 Å². The molecule has 3 N–H and O–H groups in total. The Bertz CT molecular complexity index is 423. The summed E-state index contributed by atoms with van der Waals surface area (Å²) in [5.41, 5.74) is 8.46. The Kier molecular flexibility index (Phi) is 4.40. The van der Waals surface area contributed by atoms with Crippen LogP contribution < -0.4 is 11.1 Å². The van der Waals surface area contributed by atoms with Crippen molar-refractivity contribution >= 4 is 5.82 Å². The highest BCUT2D eigenvalue weighted by molar-refractivity contribution is 5.48. The van der Waals surface area contributed by atoms with Crippen molar-refractivity contribution in [3.05, 3.63) is 17.6 Å². The van der Waals surface area contributed by atoms with E-state index < -0.39 is 0 Å². The molecule has 0 saturated heterocycles. The average molecular weight is 262 g/mol. The second-order valence-corrected chi connectivity index (χ2v) is 6.49. The fourth-order valence-electron chi connectivity index (χ4n) is 2.70. The molecule has 0 bridgehead atoms. The van der Waals surface area contributed by atoms with Gasteiger partial charge in [0.05, 0.1) is 0 Å². The van der Waals surface area contributed by atoms with Gasteiger partial charge in [-0.2, -0.15) is 0 Å². The molecule has 1 atom stereocenters. The number of rotatable bonds is 4. The van der Waals surface area contributed by atoms with Gasteiger partial charge in [-0.05, 0) is 44.1 Å². The molecule has 0 aromatic carbocycles. The minimum absolute atomic E-state index is 0.172. The van der Waals surface area contributed by atoms with Crippen molar-refractivity contribution in [2.45, 2.75) is 58.9 Å². The van der Waals surface area contributed by atoms with E-state index in [0.29, 0.717) is 12.6 Å². The highest BCUT2D eigenvalue weighted by Gasteiger charge is 2.26. The highest BCUT2D eigenvalue weighted by Crippen LogP contribution is 2.29. The summed E-state index contributed by atoms with van der Waals surface area (Å²) in [5, 5.41) is 3.62. The van der Waals surface area contributed by atoms with Crippen molar-refractivity contribution in [3.63, 3.8) is 0 Å². The molecule has 1 aliphatic rings. The van der Waals surface area contributed by atoms with Gasteiger partial charge in [-0.1, -0.05) is 20.8 Å². The van der Waals surface area contributed by atoms with Gasteiger partial charge in [-0.25, -0.2) is 9.97 Å².